The minimum absolute atomic E-state index is 0.130. The Morgan fingerprint density at radius 2 is 1.57 bits per heavy atom. The molecule has 0 saturated carbocycles. The Balaban J connectivity index is 2.08. The number of nitrogens with one attached hydrogen (secondary N) is 1. The average Bonchev–Trinajstić information content (AvgIpc) is 2.88. The lowest BCUT2D eigenvalue weighted by atomic mass is 10.0. The van der Waals surface area contributed by atoms with Gasteiger partial charge in [-0.2, -0.15) is 0 Å². The molecule has 0 unspecified atom stereocenters. The van der Waals surface area contributed by atoms with Gasteiger partial charge in [-0.25, -0.2) is 8.42 Å². The first-order chi connectivity index (χ1) is 18.8. The molecule has 0 aliphatic heterocycles. The van der Waals surface area contributed by atoms with Crippen molar-refractivity contribution >= 4 is 27.5 Å². The second-order valence-electron chi connectivity index (χ2n) is 10.9. The van der Waals surface area contributed by atoms with Crippen LogP contribution in [0.15, 0.2) is 78.9 Å². The number of anilines is 1. The highest BCUT2D eigenvalue weighted by Crippen LogP contribution is 2.24. The lowest BCUT2D eigenvalue weighted by Crippen LogP contribution is -2.56. The van der Waals surface area contributed by atoms with E-state index in [1.54, 1.807) is 24.3 Å². The number of amides is 2. The number of rotatable bonds is 11. The van der Waals surface area contributed by atoms with Crippen LogP contribution in [-0.2, 0) is 32.6 Å². The lowest BCUT2D eigenvalue weighted by molar-refractivity contribution is -0.140. The fraction of sp³-hybridized carbons (Fsp3) is 0.355. The second-order valence-corrected chi connectivity index (χ2v) is 12.8. The summed E-state index contributed by atoms with van der Waals surface area (Å²) in [6, 6.07) is 22.8. The molecule has 3 aromatic carbocycles. The van der Waals surface area contributed by atoms with E-state index >= 15 is 0 Å². The molecule has 0 saturated heterocycles. The summed E-state index contributed by atoms with van der Waals surface area (Å²) in [5.74, 6) is -0.355. The van der Waals surface area contributed by atoms with Crippen LogP contribution in [-0.4, -0.2) is 56.6 Å². The van der Waals surface area contributed by atoms with Gasteiger partial charge in [0.1, 0.15) is 18.3 Å². The Morgan fingerprint density at radius 3 is 2.17 bits per heavy atom. The van der Waals surface area contributed by atoms with Gasteiger partial charge in [0, 0.05) is 24.6 Å². The van der Waals surface area contributed by atoms with E-state index in [0.717, 1.165) is 27.3 Å². The molecule has 2 amide bonds. The third-order valence-electron chi connectivity index (χ3n) is 6.23. The zero-order valence-electron chi connectivity index (χ0n) is 24.0. The van der Waals surface area contributed by atoms with Gasteiger partial charge in [-0.05, 0) is 51.0 Å². The van der Waals surface area contributed by atoms with Crippen molar-refractivity contribution in [1.82, 2.24) is 10.2 Å². The van der Waals surface area contributed by atoms with E-state index in [4.69, 9.17) is 4.74 Å². The first-order valence-electron chi connectivity index (χ1n) is 13.1. The van der Waals surface area contributed by atoms with Gasteiger partial charge in [-0.15, -0.1) is 0 Å². The highest BCUT2D eigenvalue weighted by Gasteiger charge is 2.34. The van der Waals surface area contributed by atoms with Gasteiger partial charge in [-0.1, -0.05) is 66.2 Å². The van der Waals surface area contributed by atoms with Crippen molar-refractivity contribution in [3.05, 3.63) is 95.6 Å². The first kappa shape index (κ1) is 30.7. The summed E-state index contributed by atoms with van der Waals surface area (Å²) in [6.45, 7) is 7.25. The standard InChI is InChI=1S/C31H39N3O5S/c1-23-12-10-15-25(18-23)21-33(28(30(36)32-31(2,3)4)19-24-13-8-7-9-14-24)29(35)22-34(40(6,37)38)26-16-11-17-27(20-26)39-5/h7-18,20,28H,19,21-22H2,1-6H3,(H,32,36)/t28-/m0/s1. The van der Waals surface area contributed by atoms with Gasteiger partial charge < -0.3 is 15.0 Å². The number of hydrogen-bond donors (Lipinski definition) is 1. The maximum Gasteiger partial charge on any atom is 0.244 e. The third kappa shape index (κ3) is 8.84. The topological polar surface area (TPSA) is 96.0 Å². The fourth-order valence-corrected chi connectivity index (χ4v) is 5.23. The molecule has 0 fully saturated rings. The molecule has 0 radical (unpaired) electrons. The van der Waals surface area contributed by atoms with E-state index in [1.807, 2.05) is 82.3 Å². The number of hydrogen-bond acceptors (Lipinski definition) is 5. The van der Waals surface area contributed by atoms with Crippen molar-refractivity contribution in [2.24, 2.45) is 0 Å². The Kier molecular flexibility index (Phi) is 9.98. The maximum absolute atomic E-state index is 14.1. The summed E-state index contributed by atoms with van der Waals surface area (Å²) in [5.41, 5.74) is 2.49. The molecule has 40 heavy (non-hydrogen) atoms. The van der Waals surface area contributed by atoms with Crippen molar-refractivity contribution in [2.45, 2.75) is 52.2 Å². The van der Waals surface area contributed by atoms with Gasteiger partial charge in [0.2, 0.25) is 21.8 Å². The molecule has 1 N–H and O–H groups in total. The van der Waals surface area contributed by atoms with Crippen molar-refractivity contribution < 1.29 is 22.7 Å². The minimum atomic E-state index is -3.86. The number of benzene rings is 3. The highest BCUT2D eigenvalue weighted by atomic mass is 32.2. The van der Waals surface area contributed by atoms with Crippen LogP contribution in [0.2, 0.25) is 0 Å². The van der Waals surface area contributed by atoms with Crippen LogP contribution in [0.1, 0.15) is 37.5 Å². The molecule has 0 heterocycles. The summed E-state index contributed by atoms with van der Waals surface area (Å²) >= 11 is 0. The third-order valence-corrected chi connectivity index (χ3v) is 7.37. The molecule has 1 atom stereocenters. The first-order valence-corrected chi connectivity index (χ1v) is 14.9. The number of carbonyl (C=O) groups excluding carboxylic acids is 2. The molecule has 3 rings (SSSR count). The number of nitrogens with zero attached hydrogens (tertiary/aromatic N) is 2. The van der Waals surface area contributed by atoms with E-state index in [9.17, 15) is 18.0 Å². The predicted molar refractivity (Wildman–Crippen MR) is 159 cm³/mol. The van der Waals surface area contributed by atoms with Crippen LogP contribution < -0.4 is 14.4 Å². The normalized spacial score (nSPS) is 12.3. The van der Waals surface area contributed by atoms with Gasteiger partial charge in [0.15, 0.2) is 0 Å². The lowest BCUT2D eigenvalue weighted by Gasteiger charge is -2.35. The summed E-state index contributed by atoms with van der Waals surface area (Å²) in [4.78, 5) is 29.4. The number of sulfonamides is 1. The van der Waals surface area contributed by atoms with Gasteiger partial charge in [0.25, 0.3) is 0 Å². The highest BCUT2D eigenvalue weighted by molar-refractivity contribution is 7.92. The molecular formula is C31H39N3O5S. The zero-order valence-corrected chi connectivity index (χ0v) is 24.9. The summed E-state index contributed by atoms with van der Waals surface area (Å²) < 4.78 is 32.1. The second kappa shape index (κ2) is 13.0. The van der Waals surface area contributed by atoms with Crippen LogP contribution in [0.4, 0.5) is 5.69 Å². The Labute approximate surface area is 238 Å². The van der Waals surface area contributed by atoms with Crippen LogP contribution in [0.3, 0.4) is 0 Å². The summed E-state index contributed by atoms with van der Waals surface area (Å²) in [5, 5.41) is 3.02. The Morgan fingerprint density at radius 1 is 0.925 bits per heavy atom. The fourth-order valence-electron chi connectivity index (χ4n) is 4.39. The molecular weight excluding hydrogens is 526 g/mol. The molecule has 0 aliphatic rings. The van der Waals surface area contributed by atoms with Crippen molar-refractivity contribution in [2.75, 3.05) is 24.2 Å². The van der Waals surface area contributed by atoms with Crippen molar-refractivity contribution in [1.29, 1.82) is 0 Å². The molecule has 0 aliphatic carbocycles. The smallest absolute Gasteiger partial charge is 0.244 e. The van der Waals surface area contributed by atoms with Gasteiger partial charge >= 0.3 is 0 Å². The van der Waals surface area contributed by atoms with Gasteiger partial charge in [-0.3, -0.25) is 13.9 Å². The maximum atomic E-state index is 14.1. The van der Waals surface area contributed by atoms with Crippen LogP contribution >= 0.6 is 0 Å². The van der Waals surface area contributed by atoms with E-state index in [0.29, 0.717) is 11.4 Å². The molecule has 0 spiro atoms. The average molecular weight is 566 g/mol. The monoisotopic (exact) mass is 565 g/mol. The largest absolute Gasteiger partial charge is 0.497 e. The predicted octanol–water partition coefficient (Wildman–Crippen LogP) is 4.32. The molecule has 0 aromatic heterocycles. The molecule has 8 nitrogen and oxygen atoms in total. The summed E-state index contributed by atoms with van der Waals surface area (Å²) in [6.07, 6.45) is 1.32. The van der Waals surface area contributed by atoms with Crippen molar-refractivity contribution in [3.63, 3.8) is 0 Å². The number of aryl methyl sites for hydroxylation is 1. The molecule has 3 aromatic rings. The Hall–Kier alpha value is -3.85. The number of methoxy groups -OCH3 is 1. The SMILES string of the molecule is COc1cccc(N(CC(=O)N(Cc2cccc(C)c2)[C@@H](Cc2ccccc2)C(=O)NC(C)(C)C)S(C)(=O)=O)c1. The number of carbonyl (C=O) groups is 2. The molecule has 9 heteroatoms. The van der Waals surface area contributed by atoms with Crippen molar-refractivity contribution in [3.8, 4) is 5.75 Å². The molecule has 0 bridgehead atoms. The quantitative estimate of drug-likeness (QED) is 0.374. The zero-order chi connectivity index (χ0) is 29.5. The van der Waals surface area contributed by atoms with Gasteiger partial charge in [0.05, 0.1) is 19.1 Å². The Bertz CT molecular complexity index is 1420. The van der Waals surface area contributed by atoms with E-state index in [2.05, 4.69) is 5.32 Å². The van der Waals surface area contributed by atoms with Crippen LogP contribution in [0.5, 0.6) is 5.75 Å². The van der Waals surface area contributed by atoms with E-state index in [1.165, 1.54) is 12.0 Å². The minimum Gasteiger partial charge on any atom is -0.497 e. The van der Waals surface area contributed by atoms with E-state index < -0.39 is 34.1 Å². The van der Waals surface area contributed by atoms with E-state index in [-0.39, 0.29) is 18.9 Å². The number of ether oxygens (including phenoxy) is 1. The molecule has 214 valence electrons. The van der Waals surface area contributed by atoms with Crippen LogP contribution in [0, 0.1) is 6.92 Å². The van der Waals surface area contributed by atoms with Crippen LogP contribution in [0.25, 0.3) is 0 Å². The summed E-state index contributed by atoms with van der Waals surface area (Å²) in [7, 11) is -2.37.